The van der Waals surface area contributed by atoms with E-state index in [0.717, 1.165) is 42.8 Å². The summed E-state index contributed by atoms with van der Waals surface area (Å²) in [6, 6.07) is 6.23. The Hall–Kier alpha value is -1.88. The van der Waals surface area contributed by atoms with Crippen molar-refractivity contribution in [3.8, 4) is 0 Å². The van der Waals surface area contributed by atoms with Gasteiger partial charge in [-0.25, -0.2) is 4.98 Å². The summed E-state index contributed by atoms with van der Waals surface area (Å²) in [4.78, 5) is 16.5. The van der Waals surface area contributed by atoms with Crippen LogP contribution in [0.1, 0.15) is 31.7 Å². The Morgan fingerprint density at radius 2 is 2.21 bits per heavy atom. The van der Waals surface area contributed by atoms with E-state index in [2.05, 4.69) is 29.8 Å². The number of nitrogens with zero attached hydrogens (tertiary/aromatic N) is 2. The molecule has 130 valence electrons. The molecule has 0 aliphatic carbocycles. The molecule has 0 spiro atoms. The van der Waals surface area contributed by atoms with Crippen molar-refractivity contribution in [3.63, 3.8) is 0 Å². The second kappa shape index (κ2) is 6.93. The number of para-hydroxylation sites is 1. The highest BCUT2D eigenvalue weighted by atomic mass is 16.4. The average molecular weight is 329 g/mol. The summed E-state index contributed by atoms with van der Waals surface area (Å²) in [5.41, 5.74) is 3.41. The molecule has 0 saturated carbocycles. The molecule has 2 aromatic rings. The van der Waals surface area contributed by atoms with E-state index in [4.69, 9.17) is 4.98 Å². The molecule has 0 radical (unpaired) electrons. The lowest BCUT2D eigenvalue weighted by molar-refractivity contribution is -0.143. The van der Waals surface area contributed by atoms with Crippen molar-refractivity contribution in [1.82, 2.24) is 14.9 Å². The van der Waals surface area contributed by atoms with E-state index in [9.17, 15) is 9.90 Å². The van der Waals surface area contributed by atoms with Crippen molar-refractivity contribution < 1.29 is 9.90 Å². The van der Waals surface area contributed by atoms with E-state index in [1.54, 1.807) is 0 Å². The predicted octanol–water partition coefficient (Wildman–Crippen LogP) is 2.62. The number of nitrogens with one attached hydrogen (secondary N) is 1. The summed E-state index contributed by atoms with van der Waals surface area (Å²) in [5.74, 6) is 0.561. The first-order valence-corrected chi connectivity index (χ1v) is 8.84. The number of carboxylic acid groups (broad SMARTS) is 1. The first kappa shape index (κ1) is 17.0. The van der Waals surface area contributed by atoms with Gasteiger partial charge >= 0.3 is 5.97 Å². The summed E-state index contributed by atoms with van der Waals surface area (Å²) < 4.78 is 2.10. The summed E-state index contributed by atoms with van der Waals surface area (Å²) in [7, 11) is 2.01. The van der Waals surface area contributed by atoms with Crippen LogP contribution in [0.2, 0.25) is 0 Å². The Kier molecular flexibility index (Phi) is 4.90. The predicted molar refractivity (Wildman–Crippen MR) is 95.1 cm³/mol. The maximum Gasteiger partial charge on any atom is 0.307 e. The SMILES string of the molecule is CC(C)Cc1cccc2nc(C[C@H](C(=O)O)[C@H]3CCNC3)n(C)c12. The van der Waals surface area contributed by atoms with Crippen molar-refractivity contribution in [2.75, 3.05) is 13.1 Å². The van der Waals surface area contributed by atoms with E-state index in [1.165, 1.54) is 5.56 Å². The van der Waals surface area contributed by atoms with Crippen LogP contribution in [0.15, 0.2) is 18.2 Å². The van der Waals surface area contributed by atoms with Gasteiger partial charge in [0.1, 0.15) is 5.82 Å². The molecule has 0 amide bonds. The number of benzene rings is 1. The highest BCUT2D eigenvalue weighted by Crippen LogP contribution is 2.27. The molecular weight excluding hydrogens is 302 g/mol. The zero-order valence-electron chi connectivity index (χ0n) is 14.7. The molecule has 2 heterocycles. The lowest BCUT2D eigenvalue weighted by Gasteiger charge is -2.18. The smallest absolute Gasteiger partial charge is 0.307 e. The molecule has 1 saturated heterocycles. The second-order valence-corrected chi connectivity index (χ2v) is 7.37. The van der Waals surface area contributed by atoms with Gasteiger partial charge in [0.25, 0.3) is 0 Å². The molecule has 3 rings (SSSR count). The minimum Gasteiger partial charge on any atom is -0.481 e. The average Bonchev–Trinajstić information content (AvgIpc) is 3.13. The van der Waals surface area contributed by atoms with Crippen LogP contribution >= 0.6 is 0 Å². The van der Waals surface area contributed by atoms with Gasteiger partial charge in [0.2, 0.25) is 0 Å². The summed E-state index contributed by atoms with van der Waals surface area (Å²) in [6.07, 6.45) is 2.43. The number of hydrogen-bond donors (Lipinski definition) is 2. The Balaban J connectivity index is 1.94. The fraction of sp³-hybridized carbons (Fsp3) is 0.579. The molecule has 24 heavy (non-hydrogen) atoms. The fourth-order valence-corrected chi connectivity index (χ4v) is 3.86. The Labute approximate surface area is 143 Å². The Morgan fingerprint density at radius 3 is 2.83 bits per heavy atom. The number of fused-ring (bicyclic) bond motifs is 1. The second-order valence-electron chi connectivity index (χ2n) is 7.37. The van der Waals surface area contributed by atoms with Crippen LogP contribution in [0.5, 0.6) is 0 Å². The van der Waals surface area contributed by atoms with Gasteiger partial charge < -0.3 is 15.0 Å². The quantitative estimate of drug-likeness (QED) is 0.855. The van der Waals surface area contributed by atoms with Crippen molar-refractivity contribution >= 4 is 17.0 Å². The normalized spacial score (nSPS) is 19.2. The molecule has 5 heteroatoms. The van der Waals surface area contributed by atoms with Crippen LogP contribution < -0.4 is 5.32 Å². The minimum atomic E-state index is -0.710. The molecular formula is C19H27N3O2. The number of rotatable bonds is 6. The van der Waals surface area contributed by atoms with E-state index < -0.39 is 5.97 Å². The van der Waals surface area contributed by atoms with Gasteiger partial charge in [-0.2, -0.15) is 0 Å². The van der Waals surface area contributed by atoms with Gasteiger partial charge in [-0.15, -0.1) is 0 Å². The van der Waals surface area contributed by atoms with Gasteiger partial charge in [-0.3, -0.25) is 4.79 Å². The molecule has 5 nitrogen and oxygen atoms in total. The monoisotopic (exact) mass is 329 g/mol. The third kappa shape index (κ3) is 3.31. The van der Waals surface area contributed by atoms with Gasteiger partial charge in [-0.05, 0) is 49.4 Å². The zero-order valence-corrected chi connectivity index (χ0v) is 14.7. The van der Waals surface area contributed by atoms with Gasteiger partial charge in [-0.1, -0.05) is 26.0 Å². The maximum absolute atomic E-state index is 11.8. The van der Waals surface area contributed by atoms with E-state index in [1.807, 2.05) is 19.2 Å². The third-order valence-electron chi connectivity index (χ3n) is 5.09. The topological polar surface area (TPSA) is 67.2 Å². The first-order valence-electron chi connectivity index (χ1n) is 8.84. The highest BCUT2D eigenvalue weighted by molar-refractivity contribution is 5.80. The Bertz CT molecular complexity index is 730. The minimum absolute atomic E-state index is 0.192. The summed E-state index contributed by atoms with van der Waals surface area (Å²) in [6.45, 7) is 6.13. The van der Waals surface area contributed by atoms with E-state index in [0.29, 0.717) is 12.3 Å². The number of aromatic nitrogens is 2. The zero-order chi connectivity index (χ0) is 17.3. The van der Waals surface area contributed by atoms with E-state index >= 15 is 0 Å². The molecule has 1 aliphatic heterocycles. The molecule has 1 aromatic heterocycles. The molecule has 2 N–H and O–H groups in total. The molecule has 2 atom stereocenters. The molecule has 1 aromatic carbocycles. The van der Waals surface area contributed by atoms with E-state index in [-0.39, 0.29) is 11.8 Å². The third-order valence-corrected chi connectivity index (χ3v) is 5.09. The van der Waals surface area contributed by atoms with Crippen molar-refractivity contribution in [3.05, 3.63) is 29.6 Å². The van der Waals surface area contributed by atoms with Crippen molar-refractivity contribution in [1.29, 1.82) is 0 Å². The number of aliphatic carboxylic acids is 1. The molecule has 1 fully saturated rings. The Morgan fingerprint density at radius 1 is 1.42 bits per heavy atom. The van der Waals surface area contributed by atoms with Crippen LogP contribution in [0.4, 0.5) is 0 Å². The standard InChI is InChI=1S/C19H27N3O2/c1-12(2)9-13-5-4-6-16-18(13)22(3)17(21-16)10-15(19(23)24)14-7-8-20-11-14/h4-6,12,14-15,20H,7-11H2,1-3H3,(H,23,24)/t14-,15-/m0/s1. The molecule has 0 bridgehead atoms. The van der Waals surface area contributed by atoms with Crippen molar-refractivity contribution in [2.45, 2.75) is 33.1 Å². The van der Waals surface area contributed by atoms with Crippen LogP contribution in [0.3, 0.4) is 0 Å². The van der Waals surface area contributed by atoms with Gasteiger partial charge in [0.05, 0.1) is 17.0 Å². The summed E-state index contributed by atoms with van der Waals surface area (Å²) in [5, 5.41) is 12.9. The van der Waals surface area contributed by atoms with Crippen LogP contribution in [-0.4, -0.2) is 33.7 Å². The van der Waals surface area contributed by atoms with Crippen molar-refractivity contribution in [2.24, 2.45) is 24.8 Å². The van der Waals surface area contributed by atoms with Gasteiger partial charge in [0.15, 0.2) is 0 Å². The first-order chi connectivity index (χ1) is 11.5. The highest BCUT2D eigenvalue weighted by Gasteiger charge is 2.32. The lowest BCUT2D eigenvalue weighted by atomic mass is 9.88. The van der Waals surface area contributed by atoms with Crippen LogP contribution in [0, 0.1) is 17.8 Å². The summed E-state index contributed by atoms with van der Waals surface area (Å²) >= 11 is 0. The maximum atomic E-state index is 11.8. The van der Waals surface area contributed by atoms with Crippen LogP contribution in [0.25, 0.3) is 11.0 Å². The van der Waals surface area contributed by atoms with Gasteiger partial charge in [0, 0.05) is 13.5 Å². The fourth-order valence-electron chi connectivity index (χ4n) is 3.86. The molecule has 1 aliphatic rings. The number of carbonyl (C=O) groups is 1. The number of carboxylic acids is 1. The largest absolute Gasteiger partial charge is 0.481 e. The lowest BCUT2D eigenvalue weighted by Crippen LogP contribution is -2.28. The molecule has 0 unspecified atom stereocenters. The van der Waals surface area contributed by atoms with Crippen LogP contribution in [-0.2, 0) is 24.7 Å². The number of aryl methyl sites for hydroxylation is 1. The number of hydrogen-bond acceptors (Lipinski definition) is 3. The number of imidazole rings is 1.